The number of halogens is 1. The molecule has 0 spiro atoms. The maximum absolute atomic E-state index is 10.7. The van der Waals surface area contributed by atoms with Crippen LogP contribution in [-0.4, -0.2) is 17.2 Å². The van der Waals surface area contributed by atoms with Crippen LogP contribution in [0.15, 0.2) is 0 Å². The van der Waals surface area contributed by atoms with E-state index in [9.17, 15) is 9.59 Å². The third kappa shape index (κ3) is 2.21. The molecule has 0 aromatic carbocycles. The van der Waals surface area contributed by atoms with Crippen LogP contribution in [0.25, 0.3) is 0 Å². The van der Waals surface area contributed by atoms with E-state index in [4.69, 9.17) is 11.6 Å². The number of carbonyl (C=O) groups is 2. The average molecular weight is 190 g/mol. The monoisotopic (exact) mass is 189 g/mol. The highest BCUT2D eigenvalue weighted by atomic mass is 35.5. The minimum absolute atomic E-state index is 0.635. The number of hydrogen-bond acceptors (Lipinski definition) is 2. The molecule has 1 rings (SSSR count). The molecule has 0 unspecified atom stereocenters. The summed E-state index contributed by atoms with van der Waals surface area (Å²) in [4.78, 5) is 21.3. The number of amides is 1. The Morgan fingerprint density at radius 1 is 1.33 bits per heavy atom. The Labute approximate surface area is 76.5 Å². The predicted molar refractivity (Wildman–Crippen MR) is 46.3 cm³/mol. The zero-order valence-electron chi connectivity index (χ0n) is 6.81. The van der Waals surface area contributed by atoms with Crippen molar-refractivity contribution in [3.8, 4) is 0 Å². The zero-order chi connectivity index (χ0) is 9.03. The second-order valence-electron chi connectivity index (χ2n) is 3.23. The molecule has 0 radical (unpaired) electrons. The first-order chi connectivity index (χ1) is 5.68. The van der Waals surface area contributed by atoms with Gasteiger partial charge in [-0.2, -0.15) is 0 Å². The highest BCUT2D eigenvalue weighted by molar-refractivity contribution is 6.63. The Bertz CT molecular complexity index is 187. The van der Waals surface area contributed by atoms with E-state index in [1.54, 1.807) is 0 Å². The number of hydrogen-bond donors (Lipinski definition) is 1. The van der Waals surface area contributed by atoms with Gasteiger partial charge in [-0.3, -0.25) is 4.79 Å². The van der Waals surface area contributed by atoms with E-state index in [2.05, 4.69) is 5.32 Å². The molecule has 1 N–H and O–H groups in total. The van der Waals surface area contributed by atoms with Crippen LogP contribution < -0.4 is 5.32 Å². The molecule has 0 aliphatic heterocycles. The summed E-state index contributed by atoms with van der Waals surface area (Å²) in [6, 6.07) is 0. The van der Waals surface area contributed by atoms with Gasteiger partial charge in [-0.05, 0) is 24.4 Å². The van der Waals surface area contributed by atoms with Crippen LogP contribution >= 0.6 is 11.6 Å². The summed E-state index contributed by atoms with van der Waals surface area (Å²) >= 11 is 5.17. The lowest BCUT2D eigenvalue weighted by Gasteiger charge is -2.31. The van der Waals surface area contributed by atoms with E-state index < -0.39 is 10.9 Å². The standard InChI is InChI=1S/C8H12ClNO2/c9-7(12)10-8(6-11)4-2-1-3-5-8/h6H,1-5H2,(H,10,12). The lowest BCUT2D eigenvalue weighted by atomic mass is 9.83. The molecule has 68 valence electrons. The molecule has 1 saturated carbocycles. The quantitative estimate of drug-likeness (QED) is 0.409. The molecule has 1 aliphatic rings. The van der Waals surface area contributed by atoms with E-state index >= 15 is 0 Å². The highest BCUT2D eigenvalue weighted by Gasteiger charge is 2.32. The maximum atomic E-state index is 10.7. The van der Waals surface area contributed by atoms with Gasteiger partial charge in [-0.1, -0.05) is 19.3 Å². The van der Waals surface area contributed by atoms with Gasteiger partial charge in [-0.15, -0.1) is 0 Å². The Morgan fingerprint density at radius 2 is 1.92 bits per heavy atom. The normalized spacial score (nSPS) is 21.4. The second kappa shape index (κ2) is 3.90. The maximum Gasteiger partial charge on any atom is 0.314 e. The van der Waals surface area contributed by atoms with Gasteiger partial charge >= 0.3 is 5.37 Å². The molecule has 3 nitrogen and oxygen atoms in total. The first kappa shape index (κ1) is 9.52. The smallest absolute Gasteiger partial charge is 0.314 e. The summed E-state index contributed by atoms with van der Waals surface area (Å²) in [6.45, 7) is 0. The fourth-order valence-corrected chi connectivity index (χ4v) is 1.84. The Morgan fingerprint density at radius 3 is 2.33 bits per heavy atom. The molecular weight excluding hydrogens is 178 g/mol. The van der Waals surface area contributed by atoms with Crippen molar-refractivity contribution < 1.29 is 9.59 Å². The molecule has 0 atom stereocenters. The molecule has 0 aromatic heterocycles. The molecule has 1 amide bonds. The van der Waals surface area contributed by atoms with E-state index in [0.29, 0.717) is 0 Å². The van der Waals surface area contributed by atoms with Crippen molar-refractivity contribution >= 4 is 23.3 Å². The van der Waals surface area contributed by atoms with Crippen molar-refractivity contribution in [2.45, 2.75) is 37.6 Å². The summed E-state index contributed by atoms with van der Waals surface area (Å²) in [5.74, 6) is 0. The van der Waals surface area contributed by atoms with Crippen molar-refractivity contribution in [1.29, 1.82) is 0 Å². The summed E-state index contributed by atoms with van der Waals surface area (Å²) in [7, 11) is 0. The SMILES string of the molecule is O=CC1(NC(=O)Cl)CCCCC1. The minimum atomic E-state index is -0.670. The van der Waals surface area contributed by atoms with E-state index in [1.807, 2.05) is 0 Å². The van der Waals surface area contributed by atoms with Crippen molar-refractivity contribution in [3.63, 3.8) is 0 Å². The number of aldehydes is 1. The largest absolute Gasteiger partial charge is 0.330 e. The van der Waals surface area contributed by atoms with Crippen LogP contribution in [0.3, 0.4) is 0 Å². The molecule has 1 aliphatic carbocycles. The average Bonchev–Trinajstić information content (AvgIpc) is 2.05. The fraction of sp³-hybridized carbons (Fsp3) is 0.750. The number of carbonyl (C=O) groups excluding carboxylic acids is 2. The molecular formula is C8H12ClNO2. The van der Waals surface area contributed by atoms with Gasteiger partial charge in [0.15, 0.2) is 0 Å². The van der Waals surface area contributed by atoms with Crippen LogP contribution in [0.4, 0.5) is 4.79 Å². The van der Waals surface area contributed by atoms with Gasteiger partial charge in [0.1, 0.15) is 6.29 Å². The summed E-state index contributed by atoms with van der Waals surface area (Å²) in [5.41, 5.74) is -0.670. The van der Waals surface area contributed by atoms with Gasteiger partial charge in [0.05, 0.1) is 5.54 Å². The summed E-state index contributed by atoms with van der Waals surface area (Å²) < 4.78 is 0. The zero-order valence-corrected chi connectivity index (χ0v) is 7.56. The molecule has 1 fully saturated rings. The van der Waals surface area contributed by atoms with Crippen LogP contribution in [0.2, 0.25) is 0 Å². The molecule has 0 saturated heterocycles. The Kier molecular flexibility index (Phi) is 3.09. The molecule has 0 aromatic rings. The van der Waals surface area contributed by atoms with Crippen molar-refractivity contribution in [2.24, 2.45) is 0 Å². The van der Waals surface area contributed by atoms with Crippen molar-refractivity contribution in [3.05, 3.63) is 0 Å². The number of nitrogens with one attached hydrogen (secondary N) is 1. The van der Waals surface area contributed by atoms with Gasteiger partial charge in [-0.25, -0.2) is 0 Å². The Balaban J connectivity index is 2.59. The topological polar surface area (TPSA) is 46.2 Å². The highest BCUT2D eigenvalue weighted by Crippen LogP contribution is 2.26. The van der Waals surface area contributed by atoms with Crippen LogP contribution in [0, 0.1) is 0 Å². The molecule has 12 heavy (non-hydrogen) atoms. The fourth-order valence-electron chi connectivity index (χ4n) is 1.65. The lowest BCUT2D eigenvalue weighted by molar-refractivity contribution is -0.114. The van der Waals surface area contributed by atoms with E-state index in [0.717, 1.165) is 38.4 Å². The third-order valence-corrected chi connectivity index (χ3v) is 2.41. The first-order valence-electron chi connectivity index (χ1n) is 4.12. The predicted octanol–water partition coefficient (Wildman–Crippen LogP) is 1.84. The number of rotatable bonds is 2. The first-order valence-corrected chi connectivity index (χ1v) is 4.50. The van der Waals surface area contributed by atoms with Gasteiger partial charge in [0.2, 0.25) is 0 Å². The lowest BCUT2D eigenvalue weighted by Crippen LogP contribution is -2.49. The molecule has 0 bridgehead atoms. The van der Waals surface area contributed by atoms with Gasteiger partial charge in [0.25, 0.3) is 0 Å². The van der Waals surface area contributed by atoms with Crippen LogP contribution in [-0.2, 0) is 4.79 Å². The summed E-state index contributed by atoms with van der Waals surface area (Å²) in [5, 5.41) is 1.87. The van der Waals surface area contributed by atoms with Crippen molar-refractivity contribution in [1.82, 2.24) is 5.32 Å². The van der Waals surface area contributed by atoms with Crippen molar-refractivity contribution in [2.75, 3.05) is 0 Å². The molecule has 4 heteroatoms. The van der Waals surface area contributed by atoms with Crippen LogP contribution in [0.1, 0.15) is 32.1 Å². The van der Waals surface area contributed by atoms with Gasteiger partial charge < -0.3 is 10.1 Å². The van der Waals surface area contributed by atoms with E-state index in [1.165, 1.54) is 0 Å². The van der Waals surface area contributed by atoms with Crippen LogP contribution in [0.5, 0.6) is 0 Å². The van der Waals surface area contributed by atoms with Gasteiger partial charge in [0, 0.05) is 0 Å². The summed E-state index contributed by atoms with van der Waals surface area (Å²) in [6.07, 6.45) is 5.34. The third-order valence-electron chi connectivity index (χ3n) is 2.32. The second-order valence-corrected chi connectivity index (χ2v) is 3.58. The Hall–Kier alpha value is -0.570. The molecule has 0 heterocycles. The minimum Gasteiger partial charge on any atom is -0.330 e. The van der Waals surface area contributed by atoms with E-state index in [-0.39, 0.29) is 0 Å².